The minimum Gasteiger partial charge on any atom is -0.282 e. The third-order valence-electron chi connectivity index (χ3n) is 5.17. The molecule has 0 spiro atoms. The molecular weight excluding hydrogens is 412 g/mol. The second kappa shape index (κ2) is 5.78. The third kappa shape index (κ3) is 2.32. The molecule has 1 aromatic heterocycles. The van der Waals surface area contributed by atoms with Crippen LogP contribution in [0.15, 0.2) is 47.5 Å². The van der Waals surface area contributed by atoms with Crippen molar-refractivity contribution in [2.75, 3.05) is 0 Å². The molecule has 2 aromatic carbocycles. The smallest absolute Gasteiger partial charge is 0.246 e. The van der Waals surface area contributed by atoms with E-state index in [1.807, 2.05) is 0 Å². The van der Waals surface area contributed by atoms with E-state index >= 15 is 0 Å². The lowest BCUT2D eigenvalue weighted by atomic mass is 10.00. The zero-order valence-corrected chi connectivity index (χ0v) is 16.0. The van der Waals surface area contributed by atoms with Crippen LogP contribution in [0.5, 0.6) is 0 Å². The number of sulfonamides is 1. The Kier molecular flexibility index (Phi) is 3.68. The van der Waals surface area contributed by atoms with Gasteiger partial charge < -0.3 is 0 Å². The first-order valence-electron chi connectivity index (χ1n) is 8.18. The molecule has 0 saturated carbocycles. The fourth-order valence-electron chi connectivity index (χ4n) is 4.09. The fraction of sp³-hybridized carbons (Fsp3) is 0.167. The van der Waals surface area contributed by atoms with Gasteiger partial charge in [0.2, 0.25) is 10.0 Å². The van der Waals surface area contributed by atoms with Gasteiger partial charge in [0.1, 0.15) is 10.7 Å². The van der Waals surface area contributed by atoms with Crippen molar-refractivity contribution in [2.45, 2.75) is 23.4 Å². The van der Waals surface area contributed by atoms with Crippen LogP contribution in [-0.4, -0.2) is 22.9 Å². The highest BCUT2D eigenvalue weighted by molar-refractivity contribution is 7.89. The molecule has 2 aliphatic rings. The highest BCUT2D eigenvalue weighted by atomic mass is 35.5. The molecule has 9 heteroatoms. The molecule has 5 nitrogen and oxygen atoms in total. The molecule has 2 aliphatic heterocycles. The van der Waals surface area contributed by atoms with E-state index in [-0.39, 0.29) is 9.92 Å². The summed E-state index contributed by atoms with van der Waals surface area (Å²) in [5, 5.41) is 7.31. The van der Waals surface area contributed by atoms with E-state index in [1.165, 1.54) is 28.6 Å². The number of halogens is 3. The summed E-state index contributed by atoms with van der Waals surface area (Å²) in [5.41, 5.74) is 2.51. The molecule has 0 aliphatic carbocycles. The number of hydrogen-bond acceptors (Lipinski definition) is 3. The van der Waals surface area contributed by atoms with Gasteiger partial charge in [0, 0.05) is 28.3 Å². The van der Waals surface area contributed by atoms with Crippen molar-refractivity contribution in [3.05, 3.63) is 80.8 Å². The van der Waals surface area contributed by atoms with Crippen molar-refractivity contribution in [3.63, 3.8) is 0 Å². The molecule has 0 fully saturated rings. The molecule has 0 amide bonds. The van der Waals surface area contributed by atoms with Crippen LogP contribution >= 0.6 is 23.2 Å². The number of rotatable bonds is 2. The quantitative estimate of drug-likeness (QED) is 0.669. The molecule has 3 aromatic rings. The van der Waals surface area contributed by atoms with Crippen LogP contribution in [-0.2, 0) is 16.4 Å². The number of fused-ring (bicyclic) bond motifs is 7. The summed E-state index contributed by atoms with van der Waals surface area (Å²) in [6, 6.07) is 7.64. The first kappa shape index (κ1) is 17.2. The van der Waals surface area contributed by atoms with Gasteiger partial charge in [-0.1, -0.05) is 35.3 Å². The normalized spacial score (nSPS) is 21.1. The summed E-state index contributed by atoms with van der Waals surface area (Å²) in [4.78, 5) is -0.0521. The average Bonchev–Trinajstić information content (AvgIpc) is 3.17. The van der Waals surface area contributed by atoms with E-state index in [9.17, 15) is 12.8 Å². The Labute approximate surface area is 164 Å². The van der Waals surface area contributed by atoms with Crippen molar-refractivity contribution in [2.24, 2.45) is 0 Å². The minimum atomic E-state index is -4.02. The van der Waals surface area contributed by atoms with Crippen LogP contribution in [0.1, 0.15) is 34.5 Å². The number of aromatic nitrogens is 2. The highest BCUT2D eigenvalue weighted by Gasteiger charge is 2.52. The van der Waals surface area contributed by atoms with Crippen LogP contribution in [0, 0.1) is 5.82 Å². The Morgan fingerprint density at radius 3 is 2.78 bits per heavy atom. The highest BCUT2D eigenvalue weighted by Crippen LogP contribution is 2.54. The Balaban J connectivity index is 1.76. The minimum absolute atomic E-state index is 0.0319. The van der Waals surface area contributed by atoms with Gasteiger partial charge in [-0.3, -0.25) is 5.10 Å². The second-order valence-corrected chi connectivity index (χ2v) is 9.23. The van der Waals surface area contributed by atoms with E-state index in [1.54, 1.807) is 18.3 Å². The van der Waals surface area contributed by atoms with Crippen LogP contribution in [0.25, 0.3) is 0 Å². The van der Waals surface area contributed by atoms with Crippen LogP contribution < -0.4 is 0 Å². The maximum absolute atomic E-state index is 14.7. The van der Waals surface area contributed by atoms with Crippen molar-refractivity contribution in [1.82, 2.24) is 14.5 Å². The summed E-state index contributed by atoms with van der Waals surface area (Å²) in [6.45, 7) is 0. The van der Waals surface area contributed by atoms with Gasteiger partial charge >= 0.3 is 0 Å². The molecule has 5 rings (SSSR count). The van der Waals surface area contributed by atoms with Gasteiger partial charge in [-0.15, -0.1) is 0 Å². The number of nitrogens with one attached hydrogen (secondary N) is 1. The van der Waals surface area contributed by atoms with Gasteiger partial charge in [-0.2, -0.15) is 9.40 Å². The van der Waals surface area contributed by atoms with Crippen molar-refractivity contribution in [3.8, 4) is 0 Å². The molecule has 3 heterocycles. The third-order valence-corrected chi connectivity index (χ3v) is 7.77. The first-order valence-corrected chi connectivity index (χ1v) is 10.4. The molecule has 0 unspecified atom stereocenters. The number of hydrogen-bond donors (Lipinski definition) is 1. The lowest BCUT2D eigenvalue weighted by Crippen LogP contribution is -2.37. The Morgan fingerprint density at radius 1 is 1.19 bits per heavy atom. The van der Waals surface area contributed by atoms with Crippen LogP contribution in [0.4, 0.5) is 4.39 Å². The predicted octanol–water partition coefficient (Wildman–Crippen LogP) is 4.25. The zero-order chi connectivity index (χ0) is 18.9. The summed E-state index contributed by atoms with van der Waals surface area (Å²) >= 11 is 12.1. The standard InChI is InChI=1S/C18H12Cl2FN3O2S/c19-9-4-5-16(12(20)6-9)27(25,26)24-15-7-14-11(8-22-23-14)18(24)17-10(15)2-1-3-13(17)21/h1-6,8,15,18H,7H2,(H,22,23)/t15-,18+/m1/s1. The van der Waals surface area contributed by atoms with E-state index in [4.69, 9.17) is 23.2 Å². The zero-order valence-electron chi connectivity index (χ0n) is 13.7. The number of nitrogens with zero attached hydrogens (tertiary/aromatic N) is 2. The maximum atomic E-state index is 14.7. The molecule has 0 saturated heterocycles. The molecule has 0 radical (unpaired) electrons. The summed E-state index contributed by atoms with van der Waals surface area (Å²) in [7, 11) is -4.02. The summed E-state index contributed by atoms with van der Waals surface area (Å²) < 4.78 is 43.1. The number of benzene rings is 2. The number of H-pyrrole nitrogens is 1. The molecule has 1 N–H and O–H groups in total. The van der Waals surface area contributed by atoms with Gasteiger partial charge in [-0.05, 0) is 29.8 Å². The summed E-state index contributed by atoms with van der Waals surface area (Å²) in [5.74, 6) is -0.434. The van der Waals surface area contributed by atoms with Gasteiger partial charge in [0.25, 0.3) is 0 Å². The largest absolute Gasteiger partial charge is 0.282 e. The first-order chi connectivity index (χ1) is 12.9. The van der Waals surface area contributed by atoms with E-state index < -0.39 is 27.9 Å². The molecule has 27 heavy (non-hydrogen) atoms. The van der Waals surface area contributed by atoms with Crippen molar-refractivity contribution < 1.29 is 12.8 Å². The molecule has 2 atom stereocenters. The van der Waals surface area contributed by atoms with E-state index in [2.05, 4.69) is 10.2 Å². The van der Waals surface area contributed by atoms with Gasteiger partial charge in [0.15, 0.2) is 0 Å². The fourth-order valence-corrected chi connectivity index (χ4v) is 6.58. The number of aromatic amines is 1. The Bertz CT molecular complexity index is 1200. The molecule has 2 bridgehead atoms. The lowest BCUT2D eigenvalue weighted by Gasteiger charge is -2.33. The average molecular weight is 424 g/mol. The second-order valence-electron chi connectivity index (χ2n) is 6.58. The van der Waals surface area contributed by atoms with Crippen molar-refractivity contribution in [1.29, 1.82) is 0 Å². The maximum Gasteiger partial charge on any atom is 0.246 e. The summed E-state index contributed by atoms with van der Waals surface area (Å²) in [6.07, 6.45) is 1.94. The van der Waals surface area contributed by atoms with Crippen LogP contribution in [0.2, 0.25) is 10.0 Å². The van der Waals surface area contributed by atoms with Gasteiger partial charge in [0.05, 0.1) is 23.3 Å². The van der Waals surface area contributed by atoms with Gasteiger partial charge in [-0.25, -0.2) is 12.8 Å². The van der Waals surface area contributed by atoms with Crippen LogP contribution in [0.3, 0.4) is 0 Å². The van der Waals surface area contributed by atoms with E-state index in [0.717, 1.165) is 5.69 Å². The van der Waals surface area contributed by atoms with Crippen molar-refractivity contribution >= 4 is 33.2 Å². The molecular formula is C18H12Cl2FN3O2S. The molecule has 138 valence electrons. The lowest BCUT2D eigenvalue weighted by molar-refractivity contribution is 0.290. The SMILES string of the molecule is O=S(=O)(c1ccc(Cl)cc1Cl)N1[C@H]2c3cn[nH]c3C[C@@H]1c1cccc(F)c12. The Hall–Kier alpha value is -1.93. The predicted molar refractivity (Wildman–Crippen MR) is 98.8 cm³/mol. The van der Waals surface area contributed by atoms with E-state index in [0.29, 0.717) is 28.1 Å². The Morgan fingerprint density at radius 2 is 2.00 bits per heavy atom. The monoisotopic (exact) mass is 423 g/mol. The topological polar surface area (TPSA) is 66.1 Å².